The lowest BCUT2D eigenvalue weighted by Gasteiger charge is -2.00. The molecule has 0 unspecified atom stereocenters. The Kier molecular flexibility index (Phi) is 4.58. The number of aromatic nitrogens is 1. The van der Waals surface area contributed by atoms with Gasteiger partial charge in [-0.15, -0.1) is 11.3 Å². The molecule has 6 heteroatoms. The van der Waals surface area contributed by atoms with Crippen LogP contribution in [0.15, 0.2) is 37.1 Å². The first-order chi connectivity index (χ1) is 9.08. The van der Waals surface area contributed by atoms with Gasteiger partial charge < -0.3 is 0 Å². The molecule has 0 radical (unpaired) electrons. The maximum absolute atomic E-state index is 11.1. The summed E-state index contributed by atoms with van der Waals surface area (Å²) in [6, 6.07) is 5.50. The number of hydrogen-bond donors (Lipinski definition) is 1. The summed E-state index contributed by atoms with van der Waals surface area (Å²) in [5.74, 6) is -0.268. The number of carbonyl (C=O) groups excluding carboxylic acids is 1. The molecule has 0 saturated carbocycles. The van der Waals surface area contributed by atoms with Gasteiger partial charge in [0.05, 0.1) is 10.0 Å². The van der Waals surface area contributed by atoms with Crippen molar-refractivity contribution in [2.24, 2.45) is 0 Å². The SMILES string of the molecule is C=CC(=O)Nc1ncc(Cc2ccc(Cl)c(Cl)c2)s1. The Morgan fingerprint density at radius 3 is 2.89 bits per heavy atom. The number of amides is 1. The molecular formula is C13H10Cl2N2OS. The van der Waals surface area contributed by atoms with E-state index >= 15 is 0 Å². The Morgan fingerprint density at radius 1 is 1.42 bits per heavy atom. The minimum Gasteiger partial charge on any atom is -0.298 e. The van der Waals surface area contributed by atoms with E-state index in [1.165, 1.54) is 17.4 Å². The monoisotopic (exact) mass is 312 g/mol. The first kappa shape index (κ1) is 14.1. The van der Waals surface area contributed by atoms with Crippen molar-refractivity contribution < 1.29 is 4.79 Å². The van der Waals surface area contributed by atoms with E-state index in [2.05, 4.69) is 16.9 Å². The van der Waals surface area contributed by atoms with Crippen LogP contribution in [0.5, 0.6) is 0 Å². The second-order valence-corrected chi connectivity index (χ2v) is 5.68. The molecule has 0 bridgehead atoms. The van der Waals surface area contributed by atoms with Crippen LogP contribution in [0.1, 0.15) is 10.4 Å². The molecule has 0 aliphatic rings. The standard InChI is InChI=1S/C13H10Cl2N2OS/c1-2-12(18)17-13-16-7-9(19-13)5-8-3-4-10(14)11(15)6-8/h2-4,6-7H,1,5H2,(H,16,17,18). The molecule has 1 aromatic carbocycles. The highest BCUT2D eigenvalue weighted by atomic mass is 35.5. The molecule has 1 amide bonds. The molecule has 0 saturated heterocycles. The summed E-state index contributed by atoms with van der Waals surface area (Å²) in [4.78, 5) is 16.3. The van der Waals surface area contributed by atoms with Crippen molar-refractivity contribution in [2.45, 2.75) is 6.42 Å². The predicted molar refractivity (Wildman–Crippen MR) is 80.2 cm³/mol. The summed E-state index contributed by atoms with van der Waals surface area (Å²) in [7, 11) is 0. The fraction of sp³-hybridized carbons (Fsp3) is 0.0769. The Morgan fingerprint density at radius 2 is 2.21 bits per heavy atom. The average molecular weight is 313 g/mol. The van der Waals surface area contributed by atoms with Crippen molar-refractivity contribution >= 4 is 45.6 Å². The molecule has 0 aliphatic heterocycles. The summed E-state index contributed by atoms with van der Waals surface area (Å²) in [5, 5.41) is 4.24. The molecule has 2 aromatic rings. The van der Waals surface area contributed by atoms with Gasteiger partial charge in [-0.2, -0.15) is 0 Å². The second kappa shape index (κ2) is 6.19. The maximum atomic E-state index is 11.1. The van der Waals surface area contributed by atoms with Crippen molar-refractivity contribution in [1.82, 2.24) is 4.98 Å². The van der Waals surface area contributed by atoms with Gasteiger partial charge in [-0.25, -0.2) is 4.98 Å². The van der Waals surface area contributed by atoms with E-state index in [4.69, 9.17) is 23.2 Å². The third-order valence-electron chi connectivity index (χ3n) is 2.33. The quantitative estimate of drug-likeness (QED) is 0.861. The number of nitrogens with zero attached hydrogens (tertiary/aromatic N) is 1. The van der Waals surface area contributed by atoms with E-state index in [9.17, 15) is 4.79 Å². The lowest BCUT2D eigenvalue weighted by Crippen LogP contribution is -2.06. The van der Waals surface area contributed by atoms with Gasteiger partial charge in [0.15, 0.2) is 5.13 Å². The van der Waals surface area contributed by atoms with Crippen LogP contribution in [-0.2, 0) is 11.2 Å². The van der Waals surface area contributed by atoms with Crippen LogP contribution in [0.4, 0.5) is 5.13 Å². The molecule has 3 nitrogen and oxygen atoms in total. The number of benzene rings is 1. The summed E-state index contributed by atoms with van der Waals surface area (Å²) < 4.78 is 0. The summed E-state index contributed by atoms with van der Waals surface area (Å²) >= 11 is 13.2. The highest BCUT2D eigenvalue weighted by molar-refractivity contribution is 7.15. The molecule has 1 heterocycles. The molecule has 98 valence electrons. The maximum Gasteiger partial charge on any atom is 0.249 e. The Bertz CT molecular complexity index is 625. The number of halogens is 2. The van der Waals surface area contributed by atoms with Crippen LogP contribution in [0.2, 0.25) is 10.0 Å². The first-order valence-corrected chi connectivity index (χ1v) is 6.98. The Hall–Kier alpha value is -1.36. The molecular weight excluding hydrogens is 303 g/mol. The van der Waals surface area contributed by atoms with E-state index in [1.807, 2.05) is 12.1 Å². The smallest absolute Gasteiger partial charge is 0.249 e. The van der Waals surface area contributed by atoms with Crippen LogP contribution >= 0.6 is 34.5 Å². The molecule has 1 aromatic heterocycles. The van der Waals surface area contributed by atoms with Gasteiger partial charge in [0.1, 0.15) is 0 Å². The van der Waals surface area contributed by atoms with E-state index in [1.54, 1.807) is 12.3 Å². The van der Waals surface area contributed by atoms with E-state index in [0.29, 0.717) is 21.6 Å². The molecule has 0 atom stereocenters. The number of anilines is 1. The molecule has 0 spiro atoms. The molecule has 1 N–H and O–H groups in total. The topological polar surface area (TPSA) is 42.0 Å². The first-order valence-electron chi connectivity index (χ1n) is 5.40. The van der Waals surface area contributed by atoms with Crippen molar-refractivity contribution in [3.05, 3.63) is 57.5 Å². The van der Waals surface area contributed by atoms with Gasteiger partial charge in [-0.05, 0) is 23.8 Å². The summed E-state index contributed by atoms with van der Waals surface area (Å²) in [5.41, 5.74) is 1.04. The van der Waals surface area contributed by atoms with E-state index < -0.39 is 0 Å². The summed E-state index contributed by atoms with van der Waals surface area (Å²) in [6.07, 6.45) is 3.63. The van der Waals surface area contributed by atoms with Gasteiger partial charge in [-0.1, -0.05) is 35.8 Å². The third kappa shape index (κ3) is 3.80. The number of nitrogens with one attached hydrogen (secondary N) is 1. The lowest BCUT2D eigenvalue weighted by atomic mass is 10.1. The van der Waals surface area contributed by atoms with Gasteiger partial charge in [0.2, 0.25) is 5.91 Å². The number of thiazole rings is 1. The Balaban J connectivity index is 2.09. The average Bonchev–Trinajstić information content (AvgIpc) is 2.81. The number of hydrogen-bond acceptors (Lipinski definition) is 3. The Labute approximate surface area is 124 Å². The fourth-order valence-electron chi connectivity index (χ4n) is 1.45. The third-order valence-corrected chi connectivity index (χ3v) is 3.98. The minimum atomic E-state index is -0.268. The van der Waals surface area contributed by atoms with Crippen LogP contribution in [0.25, 0.3) is 0 Å². The highest BCUT2D eigenvalue weighted by Crippen LogP contribution is 2.26. The fourth-order valence-corrected chi connectivity index (χ4v) is 2.62. The zero-order valence-corrected chi connectivity index (χ0v) is 12.1. The van der Waals surface area contributed by atoms with Crippen molar-refractivity contribution in [3.8, 4) is 0 Å². The van der Waals surface area contributed by atoms with E-state index in [-0.39, 0.29) is 5.91 Å². The number of rotatable bonds is 4. The summed E-state index contributed by atoms with van der Waals surface area (Å²) in [6.45, 7) is 3.39. The van der Waals surface area contributed by atoms with Crippen molar-refractivity contribution in [1.29, 1.82) is 0 Å². The van der Waals surface area contributed by atoms with Crippen molar-refractivity contribution in [3.63, 3.8) is 0 Å². The minimum absolute atomic E-state index is 0.268. The van der Waals surface area contributed by atoms with Crippen LogP contribution in [0.3, 0.4) is 0 Å². The zero-order chi connectivity index (χ0) is 13.8. The van der Waals surface area contributed by atoms with Crippen molar-refractivity contribution in [2.75, 3.05) is 5.32 Å². The second-order valence-electron chi connectivity index (χ2n) is 3.75. The van der Waals surface area contributed by atoms with Crippen LogP contribution in [-0.4, -0.2) is 10.9 Å². The zero-order valence-electron chi connectivity index (χ0n) is 9.82. The van der Waals surface area contributed by atoms with E-state index in [0.717, 1.165) is 10.4 Å². The van der Waals surface area contributed by atoms with Gasteiger partial charge in [0.25, 0.3) is 0 Å². The van der Waals surface area contributed by atoms with Crippen LogP contribution < -0.4 is 5.32 Å². The lowest BCUT2D eigenvalue weighted by molar-refractivity contribution is -0.111. The van der Waals surface area contributed by atoms with Gasteiger partial charge >= 0.3 is 0 Å². The molecule has 0 fully saturated rings. The predicted octanol–water partition coefficient (Wildman–Crippen LogP) is 4.17. The van der Waals surface area contributed by atoms with Gasteiger partial charge in [-0.3, -0.25) is 10.1 Å². The molecule has 2 rings (SSSR count). The largest absolute Gasteiger partial charge is 0.298 e. The van der Waals surface area contributed by atoms with Gasteiger partial charge in [0, 0.05) is 17.5 Å². The molecule has 0 aliphatic carbocycles. The molecule has 19 heavy (non-hydrogen) atoms. The number of carbonyl (C=O) groups is 1. The van der Waals surface area contributed by atoms with Crippen LogP contribution in [0, 0.1) is 0 Å². The normalized spacial score (nSPS) is 10.2. The highest BCUT2D eigenvalue weighted by Gasteiger charge is 2.06.